The summed E-state index contributed by atoms with van der Waals surface area (Å²) < 4.78 is 32.5. The lowest BCUT2D eigenvalue weighted by Crippen LogP contribution is -2.43. The molecule has 1 aromatic heterocycles. The molecule has 0 radical (unpaired) electrons. The standard InChI is InChI=1S/C22H24F2N2O3S2/c1-30-19-9-7-18(8-10-19)29-21(24)20(6-4-11-23)26-13-16(22(27)28)14-31-15-17-5-2-3-12-25-17/h2-3,5,7-10,12,16,20-21,26H,11,13-15H2,1H3,(H,27,28)/t16?,20?,21-/m1/s1. The molecule has 1 aromatic carbocycles. The van der Waals surface area contributed by atoms with Gasteiger partial charge < -0.3 is 9.84 Å². The first-order chi connectivity index (χ1) is 15.0. The van der Waals surface area contributed by atoms with E-state index in [-0.39, 0.29) is 6.54 Å². The number of aromatic nitrogens is 1. The number of benzene rings is 1. The predicted molar refractivity (Wildman–Crippen MR) is 121 cm³/mol. The highest BCUT2D eigenvalue weighted by atomic mass is 32.2. The summed E-state index contributed by atoms with van der Waals surface area (Å²) in [5.74, 6) is 4.01. The molecule has 0 fully saturated rings. The van der Waals surface area contributed by atoms with E-state index < -0.39 is 31.0 Å². The summed E-state index contributed by atoms with van der Waals surface area (Å²) in [5.41, 5.74) is 0.848. The molecule has 9 heteroatoms. The molecule has 2 rings (SSSR count). The fourth-order valence-electron chi connectivity index (χ4n) is 2.49. The van der Waals surface area contributed by atoms with Crippen LogP contribution in [0.5, 0.6) is 5.75 Å². The predicted octanol–water partition coefficient (Wildman–Crippen LogP) is 4.04. The molecule has 0 bridgehead atoms. The van der Waals surface area contributed by atoms with Gasteiger partial charge in [-0.1, -0.05) is 17.9 Å². The summed E-state index contributed by atoms with van der Waals surface area (Å²) >= 11 is 2.97. The Labute approximate surface area is 189 Å². The number of hydrogen-bond donors (Lipinski definition) is 2. The zero-order valence-corrected chi connectivity index (χ0v) is 18.6. The summed E-state index contributed by atoms with van der Waals surface area (Å²) in [4.78, 5) is 16.8. The number of carbonyl (C=O) groups is 1. The second-order valence-corrected chi connectivity index (χ2v) is 8.27. The molecule has 0 saturated carbocycles. The fraction of sp³-hybridized carbons (Fsp3) is 0.364. The average molecular weight is 467 g/mol. The van der Waals surface area contributed by atoms with Crippen LogP contribution in [0.3, 0.4) is 0 Å². The van der Waals surface area contributed by atoms with Crippen LogP contribution in [0.25, 0.3) is 0 Å². The minimum atomic E-state index is -1.89. The van der Waals surface area contributed by atoms with Crippen molar-refractivity contribution in [1.29, 1.82) is 0 Å². The van der Waals surface area contributed by atoms with Crippen molar-refractivity contribution in [3.05, 3.63) is 54.4 Å². The summed E-state index contributed by atoms with van der Waals surface area (Å²) in [6, 6.07) is 11.2. The topological polar surface area (TPSA) is 71.5 Å². The highest BCUT2D eigenvalue weighted by Crippen LogP contribution is 2.21. The van der Waals surface area contributed by atoms with Crippen molar-refractivity contribution < 1.29 is 23.4 Å². The van der Waals surface area contributed by atoms with Gasteiger partial charge in [-0.05, 0) is 42.7 Å². The van der Waals surface area contributed by atoms with E-state index in [9.17, 15) is 18.7 Å². The lowest BCUT2D eigenvalue weighted by molar-refractivity contribution is -0.140. The van der Waals surface area contributed by atoms with E-state index in [0.29, 0.717) is 17.3 Å². The van der Waals surface area contributed by atoms with Crippen LogP contribution in [-0.2, 0) is 10.5 Å². The van der Waals surface area contributed by atoms with Gasteiger partial charge >= 0.3 is 5.97 Å². The molecule has 166 valence electrons. The normalized spacial score (nSPS) is 13.5. The molecule has 2 unspecified atom stereocenters. The molecule has 5 nitrogen and oxygen atoms in total. The highest BCUT2D eigenvalue weighted by Gasteiger charge is 2.24. The van der Waals surface area contributed by atoms with Crippen LogP contribution in [0, 0.1) is 17.8 Å². The van der Waals surface area contributed by atoms with Gasteiger partial charge in [-0.25, -0.2) is 4.39 Å². The molecular weight excluding hydrogens is 442 g/mol. The van der Waals surface area contributed by atoms with Crippen molar-refractivity contribution in [1.82, 2.24) is 10.3 Å². The third kappa shape index (κ3) is 9.17. The van der Waals surface area contributed by atoms with E-state index in [0.717, 1.165) is 10.6 Å². The average Bonchev–Trinajstić information content (AvgIpc) is 2.78. The van der Waals surface area contributed by atoms with Crippen LogP contribution < -0.4 is 10.1 Å². The lowest BCUT2D eigenvalue weighted by atomic mass is 10.1. The van der Waals surface area contributed by atoms with E-state index >= 15 is 0 Å². The number of aliphatic carboxylic acids is 1. The quantitative estimate of drug-likeness (QED) is 0.361. The Morgan fingerprint density at radius 3 is 2.68 bits per heavy atom. The Balaban J connectivity index is 1.92. The minimum Gasteiger partial charge on any atom is -0.481 e. The maximum Gasteiger partial charge on any atom is 0.308 e. The molecule has 1 heterocycles. The first-order valence-corrected chi connectivity index (χ1v) is 11.8. The number of alkyl halides is 2. The van der Waals surface area contributed by atoms with Gasteiger partial charge in [-0.15, -0.1) is 11.8 Å². The van der Waals surface area contributed by atoms with Crippen molar-refractivity contribution in [2.24, 2.45) is 5.92 Å². The number of halogens is 2. The van der Waals surface area contributed by atoms with Gasteiger partial charge in [0.2, 0.25) is 0 Å². The molecule has 0 spiro atoms. The summed E-state index contributed by atoms with van der Waals surface area (Å²) in [6.45, 7) is -0.971. The largest absolute Gasteiger partial charge is 0.481 e. The van der Waals surface area contributed by atoms with E-state index in [4.69, 9.17) is 4.74 Å². The molecule has 2 aromatic rings. The first kappa shape index (κ1) is 25.0. The fourth-order valence-corrected chi connectivity index (χ4v) is 3.94. The Morgan fingerprint density at radius 1 is 1.29 bits per heavy atom. The number of carboxylic acids is 1. The van der Waals surface area contributed by atoms with Crippen molar-refractivity contribution in [2.45, 2.75) is 23.0 Å². The van der Waals surface area contributed by atoms with Crippen molar-refractivity contribution in [3.63, 3.8) is 0 Å². The Bertz CT molecular complexity index is 861. The van der Waals surface area contributed by atoms with Gasteiger partial charge in [0.25, 0.3) is 6.36 Å². The third-order valence-electron chi connectivity index (χ3n) is 4.12. The van der Waals surface area contributed by atoms with Gasteiger partial charge in [-0.3, -0.25) is 15.1 Å². The molecule has 0 aliphatic carbocycles. The third-order valence-corrected chi connectivity index (χ3v) is 6.00. The maximum absolute atomic E-state index is 14.7. The van der Waals surface area contributed by atoms with Gasteiger partial charge in [-0.2, -0.15) is 16.2 Å². The van der Waals surface area contributed by atoms with Gasteiger partial charge in [0.15, 0.2) is 0 Å². The molecule has 0 amide bonds. The minimum absolute atomic E-state index is 0.0363. The Morgan fingerprint density at radius 2 is 2.06 bits per heavy atom. The number of hydrogen-bond acceptors (Lipinski definition) is 6. The van der Waals surface area contributed by atoms with Crippen molar-refractivity contribution in [2.75, 3.05) is 25.2 Å². The van der Waals surface area contributed by atoms with Crippen LogP contribution >= 0.6 is 23.5 Å². The van der Waals surface area contributed by atoms with Gasteiger partial charge in [0.1, 0.15) is 18.5 Å². The van der Waals surface area contributed by atoms with E-state index in [1.165, 1.54) is 11.8 Å². The van der Waals surface area contributed by atoms with Crippen molar-refractivity contribution in [3.8, 4) is 17.6 Å². The van der Waals surface area contributed by atoms with Crippen molar-refractivity contribution >= 4 is 29.5 Å². The Hall–Kier alpha value is -2.28. The van der Waals surface area contributed by atoms with Crippen LogP contribution in [0.15, 0.2) is 53.6 Å². The second kappa shape index (κ2) is 13.9. The van der Waals surface area contributed by atoms with Crippen LogP contribution in [0.4, 0.5) is 8.78 Å². The number of nitrogens with zero attached hydrogens (tertiary/aromatic N) is 1. The maximum atomic E-state index is 14.7. The smallest absolute Gasteiger partial charge is 0.308 e. The number of rotatable bonds is 12. The molecule has 0 aliphatic rings. The lowest BCUT2D eigenvalue weighted by Gasteiger charge is -2.21. The summed E-state index contributed by atoms with van der Waals surface area (Å²) in [5, 5.41) is 12.3. The van der Waals surface area contributed by atoms with Crippen LogP contribution in [0.2, 0.25) is 0 Å². The monoisotopic (exact) mass is 466 g/mol. The second-order valence-electron chi connectivity index (χ2n) is 6.36. The SMILES string of the molecule is CSc1ccc(O[C@@H](F)C(C#CCF)NCC(CSCc2ccccn2)C(=O)O)cc1. The van der Waals surface area contributed by atoms with E-state index in [2.05, 4.69) is 22.1 Å². The van der Waals surface area contributed by atoms with Gasteiger partial charge in [0, 0.05) is 29.1 Å². The zero-order valence-electron chi connectivity index (χ0n) is 17.0. The molecule has 0 aliphatic heterocycles. The number of carboxylic acid groups (broad SMARTS) is 1. The number of thioether (sulfide) groups is 2. The molecule has 0 saturated heterocycles. The highest BCUT2D eigenvalue weighted by molar-refractivity contribution is 7.98. The van der Waals surface area contributed by atoms with Gasteiger partial charge in [0.05, 0.1) is 11.6 Å². The molecular formula is C22H24F2N2O3S2. The first-order valence-electron chi connectivity index (χ1n) is 9.46. The van der Waals surface area contributed by atoms with E-state index in [1.807, 2.05) is 24.5 Å². The van der Waals surface area contributed by atoms with E-state index in [1.54, 1.807) is 42.2 Å². The zero-order chi connectivity index (χ0) is 22.5. The Kier molecular flexibility index (Phi) is 11.2. The number of pyridine rings is 1. The molecule has 2 N–H and O–H groups in total. The summed E-state index contributed by atoms with van der Waals surface area (Å²) in [7, 11) is 0. The molecule has 31 heavy (non-hydrogen) atoms. The summed E-state index contributed by atoms with van der Waals surface area (Å²) in [6.07, 6.45) is 1.71. The molecule has 3 atom stereocenters. The number of nitrogens with one attached hydrogen (secondary N) is 1. The van der Waals surface area contributed by atoms with Crippen LogP contribution in [0.1, 0.15) is 5.69 Å². The van der Waals surface area contributed by atoms with Crippen LogP contribution in [-0.4, -0.2) is 53.7 Å². The number of ether oxygens (including phenoxy) is 1.